The fourth-order valence-electron chi connectivity index (χ4n) is 2.50. The molecule has 3 aromatic rings. The summed E-state index contributed by atoms with van der Waals surface area (Å²) in [6.07, 6.45) is 1.69. The van der Waals surface area contributed by atoms with Crippen LogP contribution < -0.4 is 5.32 Å². The van der Waals surface area contributed by atoms with Gasteiger partial charge in [-0.15, -0.1) is 0 Å². The van der Waals surface area contributed by atoms with Crippen LogP contribution >= 0.6 is 0 Å². The number of ether oxygens (including phenoxy) is 1. The lowest BCUT2D eigenvalue weighted by molar-refractivity contribution is -0.141. The lowest BCUT2D eigenvalue weighted by Gasteiger charge is -2.06. The first-order valence-electron chi connectivity index (χ1n) is 7.86. The van der Waals surface area contributed by atoms with Crippen molar-refractivity contribution in [3.63, 3.8) is 0 Å². The largest absolute Gasteiger partial charge is 0.469 e. The Kier molecular flexibility index (Phi) is 4.74. The molecule has 0 aliphatic carbocycles. The summed E-state index contributed by atoms with van der Waals surface area (Å²) in [5.74, 6) is -0.677. The van der Waals surface area contributed by atoms with Crippen molar-refractivity contribution in [1.29, 1.82) is 0 Å². The summed E-state index contributed by atoms with van der Waals surface area (Å²) in [6.45, 7) is 1.90. The lowest BCUT2D eigenvalue weighted by atomic mass is 10.2. The van der Waals surface area contributed by atoms with Gasteiger partial charge in [0.05, 0.1) is 36.8 Å². The molecule has 2 aromatic heterocycles. The van der Waals surface area contributed by atoms with Crippen LogP contribution in [0.4, 0.5) is 5.69 Å². The molecule has 0 spiro atoms. The summed E-state index contributed by atoms with van der Waals surface area (Å²) in [4.78, 5) is 27.4. The van der Waals surface area contributed by atoms with Crippen molar-refractivity contribution < 1.29 is 14.3 Å². The van der Waals surface area contributed by atoms with Crippen molar-refractivity contribution in [2.24, 2.45) is 0 Å². The number of carbonyl (C=O) groups is 2. The van der Waals surface area contributed by atoms with Crippen LogP contribution in [0.15, 0.2) is 42.6 Å². The summed E-state index contributed by atoms with van der Waals surface area (Å²) < 4.78 is 6.30. The summed E-state index contributed by atoms with van der Waals surface area (Å²) in [5.41, 5.74) is 3.02. The quantitative estimate of drug-likeness (QED) is 0.723. The van der Waals surface area contributed by atoms with Crippen LogP contribution in [0.2, 0.25) is 0 Å². The molecule has 0 radical (unpaired) electrons. The Bertz CT molecular complexity index is 919. The number of amides is 1. The molecule has 7 nitrogen and oxygen atoms in total. The molecule has 0 bridgehead atoms. The maximum Gasteiger partial charge on any atom is 0.306 e. The van der Waals surface area contributed by atoms with Crippen LogP contribution in [0.25, 0.3) is 16.7 Å². The van der Waals surface area contributed by atoms with Crippen LogP contribution in [0.3, 0.4) is 0 Å². The number of aromatic nitrogens is 3. The molecule has 3 rings (SSSR count). The molecule has 0 saturated heterocycles. The van der Waals surface area contributed by atoms with Gasteiger partial charge in [-0.25, -0.2) is 9.67 Å². The van der Waals surface area contributed by atoms with E-state index >= 15 is 0 Å². The highest BCUT2D eigenvalue weighted by atomic mass is 16.5. The highest BCUT2D eigenvalue weighted by molar-refractivity contribution is 5.94. The van der Waals surface area contributed by atoms with E-state index in [1.807, 2.05) is 43.3 Å². The third kappa shape index (κ3) is 3.65. The van der Waals surface area contributed by atoms with E-state index in [4.69, 9.17) is 0 Å². The van der Waals surface area contributed by atoms with Crippen molar-refractivity contribution in [3.8, 4) is 5.69 Å². The highest BCUT2D eigenvalue weighted by Crippen LogP contribution is 2.23. The van der Waals surface area contributed by atoms with Gasteiger partial charge in [-0.05, 0) is 25.1 Å². The monoisotopic (exact) mass is 338 g/mol. The first-order chi connectivity index (χ1) is 12.1. The molecule has 2 heterocycles. The molecular weight excluding hydrogens is 320 g/mol. The number of nitrogens with one attached hydrogen (secondary N) is 1. The van der Waals surface area contributed by atoms with E-state index in [1.165, 1.54) is 7.11 Å². The van der Waals surface area contributed by atoms with Crippen LogP contribution in [0.1, 0.15) is 18.5 Å². The van der Waals surface area contributed by atoms with E-state index in [0.717, 1.165) is 22.4 Å². The predicted molar refractivity (Wildman–Crippen MR) is 93.5 cm³/mol. The number of carbonyl (C=O) groups excluding carboxylic acids is 2. The second-order valence-corrected chi connectivity index (χ2v) is 5.55. The number of nitrogens with zero attached hydrogens (tertiary/aromatic N) is 3. The zero-order valence-corrected chi connectivity index (χ0v) is 14.0. The predicted octanol–water partition coefficient (Wildman–Crippen LogP) is 2.62. The normalized spacial score (nSPS) is 10.6. The van der Waals surface area contributed by atoms with Gasteiger partial charge in [0, 0.05) is 11.8 Å². The van der Waals surface area contributed by atoms with Gasteiger partial charge in [0.25, 0.3) is 0 Å². The second-order valence-electron chi connectivity index (χ2n) is 5.55. The minimum absolute atomic E-state index is 0.0446. The number of para-hydroxylation sites is 1. The molecule has 7 heteroatoms. The van der Waals surface area contributed by atoms with Gasteiger partial charge in [0.2, 0.25) is 5.91 Å². The van der Waals surface area contributed by atoms with Crippen LogP contribution in [0, 0.1) is 6.92 Å². The first kappa shape index (κ1) is 16.6. The van der Waals surface area contributed by atoms with E-state index in [0.29, 0.717) is 5.69 Å². The number of fused-ring (bicyclic) bond motifs is 1. The Morgan fingerprint density at radius 3 is 2.68 bits per heavy atom. The molecule has 0 saturated carbocycles. The van der Waals surface area contributed by atoms with Gasteiger partial charge < -0.3 is 10.1 Å². The molecular formula is C18H18N4O3. The van der Waals surface area contributed by atoms with Gasteiger partial charge in [0.15, 0.2) is 5.65 Å². The number of hydrogen-bond acceptors (Lipinski definition) is 5. The SMILES string of the molecule is COC(=O)CCC(=O)Nc1cnc2c(c1)c(C)nn2-c1ccccc1. The summed E-state index contributed by atoms with van der Waals surface area (Å²) in [7, 11) is 1.30. The smallest absolute Gasteiger partial charge is 0.306 e. The van der Waals surface area contributed by atoms with Gasteiger partial charge in [-0.1, -0.05) is 18.2 Å². The topological polar surface area (TPSA) is 86.1 Å². The molecule has 0 atom stereocenters. The van der Waals surface area contributed by atoms with Crippen molar-refractivity contribution >= 4 is 28.6 Å². The molecule has 1 N–H and O–H groups in total. The summed E-state index contributed by atoms with van der Waals surface area (Å²) in [6, 6.07) is 11.6. The number of esters is 1. The third-order valence-corrected chi connectivity index (χ3v) is 3.78. The number of hydrogen-bond donors (Lipinski definition) is 1. The Labute approximate surface area is 144 Å². The number of aryl methyl sites for hydroxylation is 1. The minimum Gasteiger partial charge on any atom is -0.469 e. The molecule has 0 aliphatic rings. The average Bonchev–Trinajstić information content (AvgIpc) is 2.97. The second kappa shape index (κ2) is 7.12. The fraction of sp³-hybridized carbons (Fsp3) is 0.222. The molecule has 0 fully saturated rings. The lowest BCUT2D eigenvalue weighted by Crippen LogP contribution is -2.14. The van der Waals surface area contributed by atoms with Crippen LogP contribution in [-0.2, 0) is 14.3 Å². The van der Waals surface area contributed by atoms with E-state index in [-0.39, 0.29) is 18.7 Å². The van der Waals surface area contributed by atoms with E-state index in [2.05, 4.69) is 20.1 Å². The standard InChI is InChI=1S/C18H18N4O3/c1-12-15-10-13(20-16(23)8-9-17(24)25-2)11-19-18(15)22(21-12)14-6-4-3-5-7-14/h3-7,10-11H,8-9H2,1-2H3,(H,20,23). The Hall–Kier alpha value is -3.22. The minimum atomic E-state index is -0.413. The Balaban J connectivity index is 1.83. The zero-order valence-electron chi connectivity index (χ0n) is 14.0. The van der Waals surface area contributed by atoms with Crippen molar-refractivity contribution in [2.45, 2.75) is 19.8 Å². The van der Waals surface area contributed by atoms with Crippen molar-refractivity contribution in [3.05, 3.63) is 48.3 Å². The molecule has 1 amide bonds. The number of methoxy groups -OCH3 is 1. The van der Waals surface area contributed by atoms with Crippen LogP contribution in [0.5, 0.6) is 0 Å². The first-order valence-corrected chi connectivity index (χ1v) is 7.86. The van der Waals surface area contributed by atoms with Gasteiger partial charge in [-0.2, -0.15) is 5.10 Å². The van der Waals surface area contributed by atoms with Crippen LogP contribution in [-0.4, -0.2) is 33.8 Å². The summed E-state index contributed by atoms with van der Waals surface area (Å²) >= 11 is 0. The maximum absolute atomic E-state index is 11.9. The fourth-order valence-corrected chi connectivity index (χ4v) is 2.50. The number of anilines is 1. The van der Waals surface area contributed by atoms with Gasteiger partial charge >= 0.3 is 5.97 Å². The molecule has 128 valence electrons. The Morgan fingerprint density at radius 1 is 1.20 bits per heavy atom. The van der Waals surface area contributed by atoms with E-state index in [1.54, 1.807) is 10.9 Å². The third-order valence-electron chi connectivity index (χ3n) is 3.78. The number of pyridine rings is 1. The van der Waals surface area contributed by atoms with Crippen molar-refractivity contribution in [2.75, 3.05) is 12.4 Å². The molecule has 0 aliphatic heterocycles. The van der Waals surface area contributed by atoms with Crippen molar-refractivity contribution in [1.82, 2.24) is 14.8 Å². The zero-order chi connectivity index (χ0) is 17.8. The number of benzene rings is 1. The van der Waals surface area contributed by atoms with E-state index in [9.17, 15) is 9.59 Å². The van der Waals surface area contributed by atoms with E-state index < -0.39 is 5.97 Å². The molecule has 25 heavy (non-hydrogen) atoms. The van der Waals surface area contributed by atoms with Gasteiger partial charge in [-0.3, -0.25) is 9.59 Å². The Morgan fingerprint density at radius 2 is 1.96 bits per heavy atom. The summed E-state index contributed by atoms with van der Waals surface area (Å²) in [5, 5.41) is 8.13. The molecule has 1 aromatic carbocycles. The maximum atomic E-state index is 11.9. The van der Waals surface area contributed by atoms with Gasteiger partial charge in [0.1, 0.15) is 0 Å². The molecule has 0 unspecified atom stereocenters. The highest BCUT2D eigenvalue weighted by Gasteiger charge is 2.12. The average molecular weight is 338 g/mol. The number of rotatable bonds is 5.